The lowest BCUT2D eigenvalue weighted by molar-refractivity contribution is 1.02. The highest BCUT2D eigenvalue weighted by molar-refractivity contribution is 6.83. The Balaban J connectivity index is 2.27. The summed E-state index contributed by atoms with van der Waals surface area (Å²) < 4.78 is 0. The van der Waals surface area contributed by atoms with Crippen LogP contribution < -0.4 is 5.32 Å². The fourth-order valence-corrected chi connectivity index (χ4v) is 2.42. The molecule has 0 spiro atoms. The van der Waals surface area contributed by atoms with E-state index in [4.69, 9.17) is 0 Å². The van der Waals surface area contributed by atoms with Crippen molar-refractivity contribution < 1.29 is 0 Å². The molecule has 1 nitrogen and oxygen atoms in total. The van der Waals surface area contributed by atoms with Gasteiger partial charge in [-0.25, -0.2) is 0 Å². The molecule has 0 radical (unpaired) electrons. The monoisotopic (exact) mass is 279 g/mol. The molecule has 102 valence electrons. The maximum atomic E-state index is 3.52. The summed E-state index contributed by atoms with van der Waals surface area (Å²) in [4.78, 5) is 0. The highest BCUT2D eigenvalue weighted by atomic mass is 28.3. The molecule has 0 amide bonds. The number of anilines is 1. The van der Waals surface area contributed by atoms with E-state index < -0.39 is 8.07 Å². The van der Waals surface area contributed by atoms with Crippen molar-refractivity contribution in [2.24, 2.45) is 0 Å². The van der Waals surface area contributed by atoms with Crippen molar-refractivity contribution in [3.8, 4) is 11.5 Å². The van der Waals surface area contributed by atoms with Crippen LogP contribution in [0.15, 0.2) is 60.7 Å². The number of para-hydroxylation sites is 1. The second kappa shape index (κ2) is 6.45. The molecule has 1 atom stereocenters. The minimum absolute atomic E-state index is 0.0466. The van der Waals surface area contributed by atoms with Crippen LogP contribution in [0.4, 0.5) is 5.69 Å². The Hall–Kier alpha value is -1.98. The molecule has 2 heteroatoms. The van der Waals surface area contributed by atoms with Gasteiger partial charge in [0.05, 0.1) is 0 Å². The average molecular weight is 279 g/mol. The molecular formula is C18H21NSi. The number of hydrogen-bond donors (Lipinski definition) is 1. The van der Waals surface area contributed by atoms with E-state index in [2.05, 4.69) is 72.8 Å². The molecule has 0 aliphatic rings. The number of rotatable bonds is 3. The highest BCUT2D eigenvalue weighted by Crippen LogP contribution is 2.19. The Labute approximate surface area is 123 Å². The zero-order chi connectivity index (χ0) is 14.4. The molecule has 2 aromatic rings. The van der Waals surface area contributed by atoms with Gasteiger partial charge in [-0.05, 0) is 17.7 Å². The molecule has 0 heterocycles. The second-order valence-electron chi connectivity index (χ2n) is 5.87. The van der Waals surface area contributed by atoms with Gasteiger partial charge in [0.15, 0.2) is 0 Å². The van der Waals surface area contributed by atoms with E-state index in [-0.39, 0.29) is 6.04 Å². The summed E-state index contributed by atoms with van der Waals surface area (Å²) >= 11 is 0. The Morgan fingerprint density at radius 2 is 1.40 bits per heavy atom. The third kappa shape index (κ3) is 4.60. The second-order valence-corrected chi connectivity index (χ2v) is 10.6. The summed E-state index contributed by atoms with van der Waals surface area (Å²) in [6.07, 6.45) is 0. The van der Waals surface area contributed by atoms with Crippen LogP contribution in [-0.2, 0) is 0 Å². The van der Waals surface area contributed by atoms with Crippen LogP contribution in [0.1, 0.15) is 11.6 Å². The van der Waals surface area contributed by atoms with Crippen LogP contribution in [-0.4, -0.2) is 8.07 Å². The average Bonchev–Trinajstić information content (AvgIpc) is 2.44. The SMILES string of the molecule is C[Si](C)(C)C#C[C@H](Nc1ccccc1)c1ccccc1. The van der Waals surface area contributed by atoms with E-state index in [1.807, 2.05) is 24.3 Å². The first-order valence-corrected chi connectivity index (χ1v) is 10.4. The van der Waals surface area contributed by atoms with Gasteiger partial charge in [-0.2, -0.15) is 0 Å². The van der Waals surface area contributed by atoms with Crippen LogP contribution in [0.2, 0.25) is 19.6 Å². The van der Waals surface area contributed by atoms with Crippen LogP contribution in [0.3, 0.4) is 0 Å². The minimum Gasteiger partial charge on any atom is -0.368 e. The predicted octanol–water partition coefficient (Wildman–Crippen LogP) is 4.72. The van der Waals surface area contributed by atoms with Crippen LogP contribution in [0, 0.1) is 11.5 Å². The quantitative estimate of drug-likeness (QED) is 0.633. The summed E-state index contributed by atoms with van der Waals surface area (Å²) in [7, 11) is -1.37. The van der Waals surface area contributed by atoms with Gasteiger partial charge < -0.3 is 5.32 Å². The van der Waals surface area contributed by atoms with Crippen LogP contribution in [0.5, 0.6) is 0 Å². The Morgan fingerprint density at radius 1 is 0.850 bits per heavy atom. The van der Waals surface area contributed by atoms with Crippen molar-refractivity contribution in [2.45, 2.75) is 25.7 Å². The predicted molar refractivity (Wildman–Crippen MR) is 90.4 cm³/mol. The van der Waals surface area contributed by atoms with Gasteiger partial charge in [-0.1, -0.05) is 74.1 Å². The van der Waals surface area contributed by atoms with Crippen LogP contribution >= 0.6 is 0 Å². The summed E-state index contributed by atoms with van der Waals surface area (Å²) in [6.45, 7) is 6.81. The number of nitrogens with one attached hydrogen (secondary N) is 1. The summed E-state index contributed by atoms with van der Waals surface area (Å²) in [5, 5.41) is 3.52. The van der Waals surface area contributed by atoms with E-state index >= 15 is 0 Å². The van der Waals surface area contributed by atoms with Gasteiger partial charge >= 0.3 is 0 Å². The van der Waals surface area contributed by atoms with Gasteiger partial charge in [-0.15, -0.1) is 5.54 Å². The van der Waals surface area contributed by atoms with Crippen LogP contribution in [0.25, 0.3) is 0 Å². The first-order chi connectivity index (χ1) is 9.54. The fourth-order valence-electron chi connectivity index (χ4n) is 1.84. The topological polar surface area (TPSA) is 12.0 Å². The van der Waals surface area contributed by atoms with Gasteiger partial charge in [0, 0.05) is 5.69 Å². The molecule has 1 N–H and O–H groups in total. The molecule has 2 rings (SSSR count). The highest BCUT2D eigenvalue weighted by Gasteiger charge is 2.11. The van der Waals surface area contributed by atoms with E-state index in [1.54, 1.807) is 0 Å². The van der Waals surface area contributed by atoms with Crippen molar-refractivity contribution >= 4 is 13.8 Å². The number of benzene rings is 2. The van der Waals surface area contributed by atoms with Crippen molar-refractivity contribution in [1.82, 2.24) is 0 Å². The normalized spacial score (nSPS) is 12.2. The Bertz CT molecular complexity index is 588. The summed E-state index contributed by atoms with van der Waals surface area (Å²) in [5.41, 5.74) is 5.78. The molecule has 0 saturated carbocycles. The zero-order valence-electron chi connectivity index (χ0n) is 12.4. The van der Waals surface area contributed by atoms with Crippen molar-refractivity contribution in [3.63, 3.8) is 0 Å². The summed E-state index contributed by atoms with van der Waals surface area (Å²) in [5.74, 6) is 3.43. The lowest BCUT2D eigenvalue weighted by Gasteiger charge is -2.16. The molecule has 0 aliphatic heterocycles. The van der Waals surface area contributed by atoms with E-state index in [9.17, 15) is 0 Å². The molecular weight excluding hydrogens is 258 g/mol. The zero-order valence-corrected chi connectivity index (χ0v) is 13.4. The molecule has 0 unspecified atom stereocenters. The van der Waals surface area contributed by atoms with Crippen molar-refractivity contribution in [2.75, 3.05) is 5.32 Å². The Morgan fingerprint density at radius 3 is 1.95 bits per heavy atom. The maximum Gasteiger partial charge on any atom is 0.129 e. The molecule has 0 bridgehead atoms. The third-order valence-corrected chi connectivity index (χ3v) is 3.70. The first-order valence-electron chi connectivity index (χ1n) is 6.94. The van der Waals surface area contributed by atoms with Gasteiger partial charge in [0.2, 0.25) is 0 Å². The van der Waals surface area contributed by atoms with Gasteiger partial charge in [0.25, 0.3) is 0 Å². The molecule has 0 saturated heterocycles. The van der Waals surface area contributed by atoms with Gasteiger partial charge in [-0.3, -0.25) is 0 Å². The van der Waals surface area contributed by atoms with Crippen molar-refractivity contribution in [1.29, 1.82) is 0 Å². The smallest absolute Gasteiger partial charge is 0.129 e. The standard InChI is InChI=1S/C18H21NSi/c1-20(2,3)15-14-18(16-10-6-4-7-11-16)19-17-12-8-5-9-13-17/h4-13,18-19H,1-3H3/t18-/m0/s1. The lowest BCUT2D eigenvalue weighted by atomic mass is 10.1. The molecule has 0 aliphatic carbocycles. The molecule has 0 fully saturated rings. The van der Waals surface area contributed by atoms with E-state index in [1.165, 1.54) is 5.56 Å². The summed E-state index contributed by atoms with van der Waals surface area (Å²) in [6, 6.07) is 20.7. The first kappa shape index (κ1) is 14.4. The third-order valence-electron chi connectivity index (χ3n) is 2.81. The van der Waals surface area contributed by atoms with Gasteiger partial charge in [0.1, 0.15) is 14.1 Å². The Kier molecular flexibility index (Phi) is 4.65. The fraction of sp³-hybridized carbons (Fsp3) is 0.222. The number of hydrogen-bond acceptors (Lipinski definition) is 1. The van der Waals surface area contributed by atoms with Crippen molar-refractivity contribution in [3.05, 3.63) is 66.2 Å². The molecule has 0 aromatic heterocycles. The molecule has 2 aromatic carbocycles. The molecule has 20 heavy (non-hydrogen) atoms. The lowest BCUT2D eigenvalue weighted by Crippen LogP contribution is -2.18. The minimum atomic E-state index is -1.37. The van der Waals surface area contributed by atoms with E-state index in [0.29, 0.717) is 0 Å². The van der Waals surface area contributed by atoms with E-state index in [0.717, 1.165) is 5.69 Å². The maximum absolute atomic E-state index is 3.52. The largest absolute Gasteiger partial charge is 0.368 e.